The van der Waals surface area contributed by atoms with E-state index in [9.17, 15) is 4.79 Å². The summed E-state index contributed by atoms with van der Waals surface area (Å²) < 4.78 is 7.03. The minimum absolute atomic E-state index is 0.267. The first-order chi connectivity index (χ1) is 24.4. The highest BCUT2D eigenvalue weighted by Crippen LogP contribution is 2.34. The number of amides is 1. The van der Waals surface area contributed by atoms with E-state index in [1.54, 1.807) is 0 Å². The molecule has 0 aliphatic heterocycles. The number of rotatable bonds is 9. The number of benzene rings is 4. The van der Waals surface area contributed by atoms with Gasteiger partial charge in [0.15, 0.2) is 0 Å². The van der Waals surface area contributed by atoms with E-state index in [2.05, 4.69) is 152 Å². The Labute approximate surface area is 296 Å². The lowest BCUT2D eigenvalue weighted by atomic mass is 9.78. The molecule has 2 aromatic heterocycles. The number of allylic oxidation sites excluding steroid dienone is 4. The third-order valence-corrected chi connectivity index (χ3v) is 11.8. The van der Waals surface area contributed by atoms with Gasteiger partial charge in [0.05, 0.1) is 5.41 Å². The number of hydrogen-bond donors (Lipinski definition) is 0. The lowest BCUT2D eigenvalue weighted by Gasteiger charge is -2.27. The second-order valence-electron chi connectivity index (χ2n) is 13.9. The van der Waals surface area contributed by atoms with Crippen molar-refractivity contribution in [3.63, 3.8) is 0 Å². The van der Waals surface area contributed by atoms with E-state index in [-0.39, 0.29) is 11.3 Å². The van der Waals surface area contributed by atoms with Gasteiger partial charge in [-0.3, -0.25) is 0 Å². The van der Waals surface area contributed by atoms with Crippen LogP contribution in [0.4, 0.5) is 0 Å². The molecule has 0 atom stereocenters. The molecule has 0 saturated heterocycles. The smallest absolute Gasteiger partial charge is 0.341 e. The molecule has 0 N–H and O–H groups in total. The van der Waals surface area contributed by atoms with E-state index in [4.69, 9.17) is 0 Å². The van der Waals surface area contributed by atoms with Crippen molar-refractivity contribution in [2.24, 2.45) is 5.41 Å². The number of aromatic nitrogens is 2. The third kappa shape index (κ3) is 5.35. The van der Waals surface area contributed by atoms with Crippen LogP contribution in [0.3, 0.4) is 0 Å². The highest BCUT2D eigenvalue weighted by atomic mass is 16.2. The molecule has 1 aliphatic rings. The van der Waals surface area contributed by atoms with Crippen molar-refractivity contribution in [2.75, 3.05) is 6.54 Å². The number of carbonyl (C=O) groups excluding carboxylic acids is 1. The van der Waals surface area contributed by atoms with E-state index in [1.165, 1.54) is 65.2 Å². The zero-order chi connectivity index (χ0) is 35.0. The summed E-state index contributed by atoms with van der Waals surface area (Å²) in [4.78, 5) is 14.8. The third-order valence-electron chi connectivity index (χ3n) is 11.8. The largest absolute Gasteiger partial charge is 0.393 e. The van der Waals surface area contributed by atoms with Gasteiger partial charge in [0.25, 0.3) is 0 Å². The molecule has 7 rings (SSSR count). The highest BCUT2D eigenvalue weighted by Gasteiger charge is 2.43. The van der Waals surface area contributed by atoms with E-state index in [0.717, 1.165) is 57.3 Å². The van der Waals surface area contributed by atoms with Crippen LogP contribution in [-0.2, 0) is 17.9 Å². The summed E-state index contributed by atoms with van der Waals surface area (Å²) in [7, 11) is 0. The molecule has 2 heterocycles. The molecule has 4 aromatic carbocycles. The fraction of sp³-hybridized carbons (Fsp3) is 0.348. The van der Waals surface area contributed by atoms with Gasteiger partial charge < -0.3 is 9.13 Å². The van der Waals surface area contributed by atoms with Crippen LogP contribution in [0.15, 0.2) is 96.1 Å². The van der Waals surface area contributed by atoms with Crippen LogP contribution < -0.4 is 10.7 Å². The van der Waals surface area contributed by atoms with Crippen LogP contribution >= 0.6 is 0 Å². The first kappa shape index (κ1) is 33.8. The first-order valence-corrected chi connectivity index (χ1v) is 19.1. The van der Waals surface area contributed by atoms with Gasteiger partial charge in [-0.25, -0.2) is 4.79 Å². The standard InChI is InChI=1S/C46H52N3O/c1-7-46(8-2,9-3)45(50)49(12-6)44-34(28-30-38-36-24-14-18-32-20-16-26-40(42(32)36)47(38)10-4)22-13-23-35(44)29-31-39-37-25-15-19-33-21-17-27-41(43(33)37)48(39)11-5/h14-21,24-31H,7-13,22-23H2,1-6H3/q+1. The highest BCUT2D eigenvalue weighted by molar-refractivity contribution is 6.14. The molecule has 6 aromatic rings. The predicted octanol–water partition coefficient (Wildman–Crippen LogP) is 9.89. The summed E-state index contributed by atoms with van der Waals surface area (Å²) in [5.41, 5.74) is 5.82. The second kappa shape index (κ2) is 13.9. The minimum atomic E-state index is -0.364. The van der Waals surface area contributed by atoms with Crippen molar-refractivity contribution in [1.82, 2.24) is 9.13 Å². The van der Waals surface area contributed by atoms with Gasteiger partial charge in [0.1, 0.15) is 6.54 Å². The van der Waals surface area contributed by atoms with Gasteiger partial charge in [0.2, 0.25) is 5.71 Å². The van der Waals surface area contributed by atoms with Gasteiger partial charge in [-0.2, -0.15) is 4.58 Å². The first-order valence-electron chi connectivity index (χ1n) is 19.1. The maximum absolute atomic E-state index is 14.8. The molecular formula is C46H52N3O+. The van der Waals surface area contributed by atoms with E-state index in [0.29, 0.717) is 6.54 Å². The summed E-state index contributed by atoms with van der Waals surface area (Å²) in [5, 5.41) is 10.3. The Hall–Kier alpha value is -4.70. The Morgan fingerprint density at radius 3 is 1.48 bits per heavy atom. The summed E-state index contributed by atoms with van der Waals surface area (Å²) in [5.74, 6) is 0.267. The van der Waals surface area contributed by atoms with Gasteiger partial charge in [-0.15, -0.1) is 0 Å². The minimum Gasteiger partial charge on any atom is -0.341 e. The molecule has 50 heavy (non-hydrogen) atoms. The Morgan fingerprint density at radius 2 is 1.08 bits per heavy atom. The number of aryl methyl sites for hydroxylation is 2. The molecule has 0 spiro atoms. The quantitative estimate of drug-likeness (QED) is 0.142. The molecule has 1 saturated carbocycles. The average Bonchev–Trinajstić information content (AvgIpc) is 3.65. The number of nitrogens with zero attached hydrogens (tertiary/aromatic N) is 3. The van der Waals surface area contributed by atoms with Crippen LogP contribution in [0.2, 0.25) is 0 Å². The van der Waals surface area contributed by atoms with Crippen molar-refractivity contribution in [1.29, 1.82) is 0 Å². The summed E-state index contributed by atoms with van der Waals surface area (Å²) in [6.07, 6.45) is 14.8. The molecular weight excluding hydrogens is 611 g/mol. The van der Waals surface area contributed by atoms with Gasteiger partial charge in [-0.1, -0.05) is 93.6 Å². The number of hydrogen-bond acceptors (Lipinski definition) is 1. The molecule has 1 amide bonds. The van der Waals surface area contributed by atoms with Gasteiger partial charge >= 0.3 is 5.91 Å². The Bertz CT molecular complexity index is 2270. The second-order valence-corrected chi connectivity index (χ2v) is 13.9. The van der Waals surface area contributed by atoms with Crippen molar-refractivity contribution in [3.8, 4) is 0 Å². The summed E-state index contributed by atoms with van der Waals surface area (Å²) in [6, 6.07) is 26.5. The zero-order valence-electron chi connectivity index (χ0n) is 30.9. The van der Waals surface area contributed by atoms with Crippen molar-refractivity contribution in [3.05, 3.63) is 107 Å². The van der Waals surface area contributed by atoms with Crippen LogP contribution in [0.5, 0.6) is 0 Å². The summed E-state index contributed by atoms with van der Waals surface area (Å²) in [6.45, 7) is 15.6. The summed E-state index contributed by atoms with van der Waals surface area (Å²) >= 11 is 0. The van der Waals surface area contributed by atoms with Gasteiger partial charge in [-0.05, 0) is 94.4 Å². The molecule has 0 unspecified atom stereocenters. The molecule has 256 valence electrons. The van der Waals surface area contributed by atoms with Crippen LogP contribution in [0.25, 0.3) is 55.5 Å². The maximum atomic E-state index is 14.8. The van der Waals surface area contributed by atoms with Gasteiger partial charge in [0, 0.05) is 67.5 Å². The van der Waals surface area contributed by atoms with Crippen molar-refractivity contribution < 1.29 is 9.37 Å². The molecule has 4 heteroatoms. The Balaban J connectivity index is 1.49. The van der Waals surface area contributed by atoms with Crippen molar-refractivity contribution >= 4 is 67.1 Å². The monoisotopic (exact) mass is 662 g/mol. The van der Waals surface area contributed by atoms with Crippen LogP contribution in [0.1, 0.15) is 80.1 Å². The maximum Gasteiger partial charge on any atom is 0.393 e. The fourth-order valence-electron chi connectivity index (χ4n) is 8.95. The average molecular weight is 663 g/mol. The normalized spacial score (nSPS) is 17.9. The molecule has 0 radical (unpaired) electrons. The topological polar surface area (TPSA) is 29.9 Å². The van der Waals surface area contributed by atoms with E-state index >= 15 is 0 Å². The zero-order valence-corrected chi connectivity index (χ0v) is 30.9. The van der Waals surface area contributed by atoms with Crippen molar-refractivity contribution in [2.45, 2.75) is 93.2 Å². The van der Waals surface area contributed by atoms with E-state index < -0.39 is 0 Å². The SMILES string of the molecule is CCn1c(=CC=C2CCC/C(=C\C=c3c4cccc5cccc(c54)n3CC)C2=[N+](CC)C(=O)C(CC)(CC)CC)c2cccc3cccc1c32. The van der Waals surface area contributed by atoms with E-state index in [1.807, 2.05) is 0 Å². The Kier molecular flexibility index (Phi) is 9.39. The molecule has 1 fully saturated rings. The molecule has 0 bridgehead atoms. The molecule has 4 nitrogen and oxygen atoms in total. The van der Waals surface area contributed by atoms with Crippen LogP contribution in [-0.4, -0.2) is 31.9 Å². The predicted molar refractivity (Wildman–Crippen MR) is 214 cm³/mol. The van der Waals surface area contributed by atoms with Crippen LogP contribution in [0, 0.1) is 5.41 Å². The lowest BCUT2D eigenvalue weighted by Crippen LogP contribution is -2.42. The molecule has 1 aliphatic carbocycles. The Morgan fingerprint density at radius 1 is 0.640 bits per heavy atom. The number of carbonyl (C=O) groups is 1. The lowest BCUT2D eigenvalue weighted by molar-refractivity contribution is -0.454. The fourth-order valence-corrected chi connectivity index (χ4v) is 8.95.